The van der Waals surface area contributed by atoms with Crippen molar-refractivity contribution in [3.63, 3.8) is 0 Å². The van der Waals surface area contributed by atoms with Gasteiger partial charge >= 0.3 is 6.09 Å². The van der Waals surface area contributed by atoms with Gasteiger partial charge in [0.2, 0.25) is 11.8 Å². The Kier molecular flexibility index (Phi) is 6.41. The minimum absolute atomic E-state index is 0.146. The molecule has 0 saturated carbocycles. The Morgan fingerprint density at radius 1 is 1.24 bits per heavy atom. The maximum atomic E-state index is 13.7. The van der Waals surface area contributed by atoms with Gasteiger partial charge in [-0.1, -0.05) is 23.2 Å². The normalized spacial score (nSPS) is 26.9. The number of hydrogen-bond donors (Lipinski definition) is 1. The van der Waals surface area contributed by atoms with Crippen molar-refractivity contribution in [1.29, 1.82) is 0 Å². The maximum Gasteiger partial charge on any atom is 0.410 e. The molecule has 1 unspecified atom stereocenters. The summed E-state index contributed by atoms with van der Waals surface area (Å²) in [5.74, 6) is -1.20. The number of methoxy groups -OCH3 is 1. The lowest BCUT2D eigenvalue weighted by Gasteiger charge is -2.28. The van der Waals surface area contributed by atoms with E-state index >= 15 is 0 Å². The van der Waals surface area contributed by atoms with Gasteiger partial charge in [0.05, 0.1) is 39.7 Å². The van der Waals surface area contributed by atoms with Gasteiger partial charge in [-0.05, 0) is 57.9 Å². The van der Waals surface area contributed by atoms with E-state index in [-0.39, 0.29) is 36.0 Å². The number of halogens is 2. The molecular weight excluding hydrogens is 469 g/mol. The summed E-state index contributed by atoms with van der Waals surface area (Å²) in [5, 5.41) is 3.86. The number of likely N-dealkylation sites (tertiary alicyclic amines) is 1. The van der Waals surface area contributed by atoms with E-state index in [1.807, 2.05) is 0 Å². The quantitative estimate of drug-likeness (QED) is 0.644. The Morgan fingerprint density at radius 3 is 2.55 bits per heavy atom. The van der Waals surface area contributed by atoms with Crippen molar-refractivity contribution in [2.75, 3.05) is 38.3 Å². The Balaban J connectivity index is 1.65. The molecule has 3 aliphatic rings. The van der Waals surface area contributed by atoms with Gasteiger partial charge in [-0.2, -0.15) is 0 Å². The van der Waals surface area contributed by atoms with Gasteiger partial charge < -0.3 is 19.7 Å². The predicted molar refractivity (Wildman–Crippen MR) is 125 cm³/mol. The average molecular weight is 498 g/mol. The molecule has 0 bridgehead atoms. The summed E-state index contributed by atoms with van der Waals surface area (Å²) in [6.07, 6.45) is 0.443. The minimum Gasteiger partial charge on any atom is -0.444 e. The molecule has 2 saturated heterocycles. The molecule has 1 aromatic rings. The first-order chi connectivity index (χ1) is 15.5. The summed E-state index contributed by atoms with van der Waals surface area (Å²) in [6, 6.07) is 2.97. The van der Waals surface area contributed by atoms with E-state index in [4.69, 9.17) is 32.7 Å². The van der Waals surface area contributed by atoms with Crippen molar-refractivity contribution in [3.05, 3.63) is 27.7 Å². The van der Waals surface area contributed by atoms with Gasteiger partial charge in [0.15, 0.2) is 0 Å². The summed E-state index contributed by atoms with van der Waals surface area (Å²) >= 11 is 12.6. The molecule has 0 aromatic heterocycles. The third-order valence-electron chi connectivity index (χ3n) is 6.53. The first-order valence-electron chi connectivity index (χ1n) is 11.1. The zero-order valence-corrected chi connectivity index (χ0v) is 20.8. The number of carbonyl (C=O) groups excluding carboxylic acids is 3. The predicted octanol–water partition coefficient (Wildman–Crippen LogP) is 3.37. The van der Waals surface area contributed by atoms with Crippen molar-refractivity contribution in [1.82, 2.24) is 10.2 Å². The second-order valence-electron chi connectivity index (χ2n) is 9.95. The lowest BCUT2D eigenvalue weighted by atomic mass is 9.81. The van der Waals surface area contributed by atoms with Crippen molar-refractivity contribution in [2.45, 2.75) is 50.7 Å². The molecular formula is C23H29Cl2N3O5. The molecule has 10 heteroatoms. The number of anilines is 1. The summed E-state index contributed by atoms with van der Waals surface area (Å²) in [4.78, 5) is 43.0. The topological polar surface area (TPSA) is 88.2 Å². The lowest BCUT2D eigenvalue weighted by Crippen LogP contribution is -2.47. The number of ether oxygens (including phenoxy) is 2. The van der Waals surface area contributed by atoms with Crippen LogP contribution in [0.4, 0.5) is 10.5 Å². The van der Waals surface area contributed by atoms with Crippen LogP contribution in [0.2, 0.25) is 10.0 Å². The van der Waals surface area contributed by atoms with Gasteiger partial charge in [0, 0.05) is 20.2 Å². The molecule has 1 aromatic carbocycles. The highest BCUT2D eigenvalue weighted by Crippen LogP contribution is 2.49. The molecule has 33 heavy (non-hydrogen) atoms. The fourth-order valence-corrected chi connectivity index (χ4v) is 5.36. The molecule has 2 fully saturated rings. The molecule has 0 radical (unpaired) electrons. The second kappa shape index (κ2) is 8.73. The van der Waals surface area contributed by atoms with Gasteiger partial charge in [-0.3, -0.25) is 9.59 Å². The van der Waals surface area contributed by atoms with Crippen LogP contribution < -0.4 is 10.2 Å². The van der Waals surface area contributed by atoms with Gasteiger partial charge in [0.25, 0.3) is 0 Å². The van der Waals surface area contributed by atoms with Crippen molar-refractivity contribution < 1.29 is 23.9 Å². The molecule has 3 heterocycles. The Labute approximate surface area is 203 Å². The number of carbonyl (C=O) groups is 3. The zero-order valence-electron chi connectivity index (χ0n) is 19.2. The monoisotopic (exact) mass is 497 g/mol. The van der Waals surface area contributed by atoms with E-state index in [9.17, 15) is 14.4 Å². The summed E-state index contributed by atoms with van der Waals surface area (Å²) in [6.45, 7) is 6.88. The Morgan fingerprint density at radius 2 is 1.94 bits per heavy atom. The van der Waals surface area contributed by atoms with Crippen molar-refractivity contribution in [3.8, 4) is 0 Å². The molecule has 1 N–H and O–H groups in total. The Bertz CT molecular complexity index is 987. The first kappa shape index (κ1) is 24.3. The fraction of sp³-hybridized carbons (Fsp3) is 0.609. The van der Waals surface area contributed by atoms with Crippen LogP contribution in [-0.4, -0.2) is 67.8 Å². The molecule has 4 rings (SSSR count). The number of amides is 3. The molecule has 3 amide bonds. The largest absolute Gasteiger partial charge is 0.444 e. The fourth-order valence-electron chi connectivity index (χ4n) is 5.04. The van der Waals surface area contributed by atoms with E-state index in [1.54, 1.807) is 40.0 Å². The van der Waals surface area contributed by atoms with Crippen LogP contribution in [0.25, 0.3) is 0 Å². The maximum absolute atomic E-state index is 13.7. The highest BCUT2D eigenvalue weighted by Gasteiger charge is 2.56. The van der Waals surface area contributed by atoms with Crippen LogP contribution in [0.3, 0.4) is 0 Å². The number of benzene rings is 1. The van der Waals surface area contributed by atoms with Gasteiger partial charge in [-0.15, -0.1) is 0 Å². The Hall–Kier alpha value is -1.87. The standard InChI is InChI=1S/C23H29Cl2N3O5/c1-22(2,3)33-21(31)27-10-13(7-14(27)11-32-4)19(29)28-18-9-17(25)16(24)8-15(18)23(20(28)30)5-6-26-12-23/h8-9,13-14,26H,5-7,10-12H2,1-4H3/t13?,14-,23+/m0/s1. The van der Waals surface area contributed by atoms with Crippen molar-refractivity contribution >= 4 is 46.8 Å². The molecule has 8 nitrogen and oxygen atoms in total. The van der Waals surface area contributed by atoms with E-state index < -0.39 is 23.0 Å². The van der Waals surface area contributed by atoms with E-state index in [2.05, 4.69) is 5.32 Å². The first-order valence-corrected chi connectivity index (χ1v) is 11.8. The minimum atomic E-state index is -0.839. The zero-order chi connectivity index (χ0) is 24.1. The third-order valence-corrected chi connectivity index (χ3v) is 7.26. The van der Waals surface area contributed by atoms with Crippen LogP contribution in [0, 0.1) is 5.92 Å². The van der Waals surface area contributed by atoms with Gasteiger partial charge in [-0.25, -0.2) is 9.69 Å². The number of fused-ring (bicyclic) bond motifs is 2. The van der Waals surface area contributed by atoms with E-state index in [0.717, 1.165) is 5.56 Å². The van der Waals surface area contributed by atoms with Crippen LogP contribution in [0.1, 0.15) is 39.2 Å². The average Bonchev–Trinajstić information content (AvgIpc) is 3.42. The van der Waals surface area contributed by atoms with Crippen LogP contribution in [-0.2, 0) is 24.5 Å². The summed E-state index contributed by atoms with van der Waals surface area (Å²) in [7, 11) is 1.55. The highest BCUT2D eigenvalue weighted by atomic mass is 35.5. The molecule has 3 atom stereocenters. The van der Waals surface area contributed by atoms with E-state index in [0.29, 0.717) is 36.6 Å². The van der Waals surface area contributed by atoms with Crippen LogP contribution >= 0.6 is 23.2 Å². The number of nitrogens with one attached hydrogen (secondary N) is 1. The SMILES string of the molecule is COC[C@@H]1CC(C(=O)N2C(=O)[C@@]3(CCNC3)c3cc(Cl)c(Cl)cc32)CN1C(=O)OC(C)(C)C. The molecule has 0 aliphatic carbocycles. The van der Waals surface area contributed by atoms with Crippen molar-refractivity contribution in [2.24, 2.45) is 5.92 Å². The third kappa shape index (κ3) is 4.22. The number of hydrogen-bond acceptors (Lipinski definition) is 6. The van der Waals surface area contributed by atoms with Gasteiger partial charge in [0.1, 0.15) is 5.60 Å². The number of imide groups is 1. The molecule has 1 spiro atoms. The molecule has 180 valence electrons. The van der Waals surface area contributed by atoms with Crippen LogP contribution in [0.15, 0.2) is 12.1 Å². The summed E-state index contributed by atoms with van der Waals surface area (Å²) in [5.41, 5.74) is -0.314. The van der Waals surface area contributed by atoms with E-state index in [1.165, 1.54) is 9.80 Å². The molecule has 3 aliphatic heterocycles. The number of rotatable bonds is 3. The lowest BCUT2D eigenvalue weighted by molar-refractivity contribution is -0.130. The second-order valence-corrected chi connectivity index (χ2v) is 10.8. The number of nitrogens with zero attached hydrogens (tertiary/aromatic N) is 2. The van der Waals surface area contributed by atoms with Crippen LogP contribution in [0.5, 0.6) is 0 Å². The highest BCUT2D eigenvalue weighted by molar-refractivity contribution is 6.42. The smallest absolute Gasteiger partial charge is 0.410 e. The summed E-state index contributed by atoms with van der Waals surface area (Å²) < 4.78 is 10.8.